The second-order valence-corrected chi connectivity index (χ2v) is 2.37. The van der Waals surface area contributed by atoms with E-state index in [2.05, 4.69) is 0 Å². The highest BCUT2D eigenvalue weighted by Crippen LogP contribution is 2.00. The van der Waals surface area contributed by atoms with Gasteiger partial charge in [0.15, 0.2) is 0 Å². The fraction of sp³-hybridized carbons (Fsp3) is 0.833. The molecule has 0 aromatic heterocycles. The Morgan fingerprint density at radius 1 is 1.62 bits per heavy atom. The molecule has 0 saturated carbocycles. The lowest BCUT2D eigenvalue weighted by Crippen LogP contribution is -2.12. The van der Waals surface area contributed by atoms with Crippen LogP contribution in [0.2, 0.25) is 0 Å². The third kappa shape index (κ3) is 3.81. The number of aldehydes is 1. The number of hydrogen-bond donors (Lipinski definition) is 0. The van der Waals surface area contributed by atoms with Gasteiger partial charge >= 0.3 is 0 Å². The van der Waals surface area contributed by atoms with Gasteiger partial charge in [-0.15, -0.1) is 0 Å². The van der Waals surface area contributed by atoms with Crippen molar-refractivity contribution < 1.29 is 4.79 Å². The SMILES string of the molecule is CC(C)CC([NH])C=O. The van der Waals surface area contributed by atoms with Crippen LogP contribution in [0.1, 0.15) is 20.3 Å². The zero-order valence-electron chi connectivity index (χ0n) is 5.35. The summed E-state index contributed by atoms with van der Waals surface area (Å²) in [6, 6.07) is -0.505. The molecule has 2 nitrogen and oxygen atoms in total. The van der Waals surface area contributed by atoms with Crippen molar-refractivity contribution in [2.75, 3.05) is 0 Å². The van der Waals surface area contributed by atoms with E-state index < -0.39 is 6.04 Å². The van der Waals surface area contributed by atoms with E-state index in [9.17, 15) is 4.79 Å². The maximum Gasteiger partial charge on any atom is 0.138 e. The largest absolute Gasteiger partial charge is 0.302 e. The highest BCUT2D eigenvalue weighted by atomic mass is 16.1. The van der Waals surface area contributed by atoms with E-state index in [0.29, 0.717) is 18.6 Å². The van der Waals surface area contributed by atoms with Gasteiger partial charge in [0.2, 0.25) is 0 Å². The molecule has 47 valence electrons. The lowest BCUT2D eigenvalue weighted by Gasteiger charge is -2.03. The Morgan fingerprint density at radius 2 is 2.12 bits per heavy atom. The second kappa shape index (κ2) is 3.61. The van der Waals surface area contributed by atoms with E-state index in [-0.39, 0.29) is 0 Å². The molecule has 8 heavy (non-hydrogen) atoms. The van der Waals surface area contributed by atoms with E-state index >= 15 is 0 Å². The van der Waals surface area contributed by atoms with Crippen LogP contribution in [0, 0.1) is 5.92 Å². The Kier molecular flexibility index (Phi) is 3.44. The molecule has 0 spiro atoms. The lowest BCUT2D eigenvalue weighted by atomic mass is 10.1. The minimum absolute atomic E-state index is 0.461. The molecule has 0 aliphatic heterocycles. The van der Waals surface area contributed by atoms with E-state index in [1.165, 1.54) is 0 Å². The molecule has 1 atom stereocenters. The Hall–Kier alpha value is -0.370. The van der Waals surface area contributed by atoms with Crippen LogP contribution in [-0.2, 0) is 4.79 Å². The van der Waals surface area contributed by atoms with Gasteiger partial charge in [0.05, 0.1) is 6.04 Å². The van der Waals surface area contributed by atoms with Crippen molar-refractivity contribution in [3.05, 3.63) is 0 Å². The first-order valence-corrected chi connectivity index (χ1v) is 2.83. The van der Waals surface area contributed by atoms with E-state index in [1.54, 1.807) is 0 Å². The Bertz CT molecular complexity index is 70.9. The summed E-state index contributed by atoms with van der Waals surface area (Å²) < 4.78 is 0. The van der Waals surface area contributed by atoms with Gasteiger partial charge < -0.3 is 4.79 Å². The fourth-order valence-electron chi connectivity index (χ4n) is 0.563. The van der Waals surface area contributed by atoms with Gasteiger partial charge in [0.25, 0.3) is 0 Å². The zero-order chi connectivity index (χ0) is 6.57. The van der Waals surface area contributed by atoms with Gasteiger partial charge in [-0.25, -0.2) is 5.73 Å². The van der Waals surface area contributed by atoms with E-state index in [0.717, 1.165) is 0 Å². The molecule has 0 fully saturated rings. The predicted molar refractivity (Wildman–Crippen MR) is 32.4 cm³/mol. The molecule has 1 unspecified atom stereocenters. The van der Waals surface area contributed by atoms with E-state index in [4.69, 9.17) is 5.73 Å². The number of carbonyl (C=O) groups excluding carboxylic acids is 1. The van der Waals surface area contributed by atoms with Crippen LogP contribution < -0.4 is 5.73 Å². The third-order valence-electron chi connectivity index (χ3n) is 0.890. The second-order valence-electron chi connectivity index (χ2n) is 2.37. The number of rotatable bonds is 3. The Morgan fingerprint density at radius 3 is 2.25 bits per heavy atom. The predicted octanol–water partition coefficient (Wildman–Crippen LogP) is 0.883. The molecule has 0 aromatic rings. The summed E-state index contributed by atoms with van der Waals surface area (Å²) in [7, 11) is 0. The summed E-state index contributed by atoms with van der Waals surface area (Å²) in [4.78, 5) is 9.85. The molecule has 0 bridgehead atoms. The molecule has 0 rings (SSSR count). The molecule has 1 N–H and O–H groups in total. The first kappa shape index (κ1) is 7.63. The van der Waals surface area contributed by atoms with Crippen molar-refractivity contribution in [1.82, 2.24) is 5.73 Å². The highest BCUT2D eigenvalue weighted by molar-refractivity contribution is 5.56. The molecule has 2 heteroatoms. The fourth-order valence-corrected chi connectivity index (χ4v) is 0.563. The number of nitrogens with one attached hydrogen (secondary N) is 1. The van der Waals surface area contributed by atoms with Crippen molar-refractivity contribution in [3.8, 4) is 0 Å². The first-order chi connectivity index (χ1) is 3.66. The maximum atomic E-state index is 9.85. The molecule has 0 aliphatic rings. The Balaban J connectivity index is 3.23. The smallest absolute Gasteiger partial charge is 0.138 e. The summed E-state index contributed by atoms with van der Waals surface area (Å²) in [6.45, 7) is 4.01. The Labute approximate surface area is 50.1 Å². The van der Waals surface area contributed by atoms with E-state index in [1.807, 2.05) is 13.8 Å². The first-order valence-electron chi connectivity index (χ1n) is 2.83. The van der Waals surface area contributed by atoms with Crippen LogP contribution in [0.25, 0.3) is 0 Å². The summed E-state index contributed by atoms with van der Waals surface area (Å²) in [5.41, 5.74) is 6.98. The van der Waals surface area contributed by atoms with Crippen molar-refractivity contribution in [2.45, 2.75) is 26.3 Å². The minimum Gasteiger partial charge on any atom is -0.302 e. The van der Waals surface area contributed by atoms with Crippen LogP contribution in [0.5, 0.6) is 0 Å². The van der Waals surface area contributed by atoms with Crippen LogP contribution in [0.3, 0.4) is 0 Å². The molecule has 0 heterocycles. The average molecular weight is 114 g/mol. The summed E-state index contributed by atoms with van der Waals surface area (Å²) in [5, 5.41) is 0. The van der Waals surface area contributed by atoms with Gasteiger partial charge in [0.1, 0.15) is 6.29 Å². The molecule has 1 radical (unpaired) electrons. The van der Waals surface area contributed by atoms with Crippen LogP contribution in [0.15, 0.2) is 0 Å². The van der Waals surface area contributed by atoms with Crippen molar-refractivity contribution >= 4 is 6.29 Å². The normalized spacial score (nSPS) is 14.0. The van der Waals surface area contributed by atoms with Crippen molar-refractivity contribution in [3.63, 3.8) is 0 Å². The number of hydrogen-bond acceptors (Lipinski definition) is 1. The third-order valence-corrected chi connectivity index (χ3v) is 0.890. The summed E-state index contributed by atoms with van der Waals surface area (Å²) >= 11 is 0. The van der Waals surface area contributed by atoms with Gasteiger partial charge in [0, 0.05) is 0 Å². The van der Waals surface area contributed by atoms with Gasteiger partial charge in [-0.2, -0.15) is 0 Å². The van der Waals surface area contributed by atoms with Crippen LogP contribution in [0.4, 0.5) is 0 Å². The molecule has 0 aromatic carbocycles. The van der Waals surface area contributed by atoms with Crippen molar-refractivity contribution in [2.24, 2.45) is 5.92 Å². The standard InChI is InChI=1S/C6H12NO/c1-5(2)3-6(7)4-8/h4-7H,3H2,1-2H3. The van der Waals surface area contributed by atoms with Gasteiger partial charge in [-0.05, 0) is 12.3 Å². The van der Waals surface area contributed by atoms with Crippen molar-refractivity contribution in [1.29, 1.82) is 0 Å². The average Bonchev–Trinajstić information content (AvgIpc) is 1.65. The lowest BCUT2D eigenvalue weighted by molar-refractivity contribution is -0.109. The molecular formula is C6H12NO. The molecule has 0 amide bonds. The van der Waals surface area contributed by atoms with Crippen LogP contribution in [-0.4, -0.2) is 12.3 Å². The van der Waals surface area contributed by atoms with Crippen LogP contribution >= 0.6 is 0 Å². The highest BCUT2D eigenvalue weighted by Gasteiger charge is 2.02. The minimum atomic E-state index is -0.505. The topological polar surface area (TPSA) is 40.9 Å². The quantitative estimate of drug-likeness (QED) is 0.502. The summed E-state index contributed by atoms with van der Waals surface area (Å²) in [6.07, 6.45) is 1.36. The maximum absolute atomic E-state index is 9.85. The van der Waals surface area contributed by atoms with Gasteiger partial charge in [-0.1, -0.05) is 13.8 Å². The molecule has 0 aliphatic carbocycles. The summed E-state index contributed by atoms with van der Waals surface area (Å²) in [5.74, 6) is 0.461. The monoisotopic (exact) mass is 114 g/mol. The molecule has 0 saturated heterocycles. The zero-order valence-corrected chi connectivity index (χ0v) is 5.35. The number of carbonyl (C=O) groups is 1. The molecular weight excluding hydrogens is 102 g/mol. The van der Waals surface area contributed by atoms with Gasteiger partial charge in [-0.3, -0.25) is 0 Å².